The number of hydrogen-bond acceptors (Lipinski definition) is 2. The SMILES string of the molecule is CC(N)c1cc(Br)ccc1N(CC(F)(F)F)C1CC1. The Bertz CT molecular complexity index is 456. The summed E-state index contributed by atoms with van der Waals surface area (Å²) in [6, 6.07) is 4.95. The molecule has 19 heavy (non-hydrogen) atoms. The first-order chi connectivity index (χ1) is 8.78. The summed E-state index contributed by atoms with van der Waals surface area (Å²) in [6.07, 6.45) is -2.58. The molecule has 1 aliphatic rings. The Hall–Kier alpha value is -0.750. The summed E-state index contributed by atoms with van der Waals surface area (Å²) in [5.41, 5.74) is 7.21. The van der Waals surface area contributed by atoms with Gasteiger partial charge in [0, 0.05) is 22.2 Å². The molecule has 0 radical (unpaired) electrons. The van der Waals surface area contributed by atoms with Gasteiger partial charge in [-0.1, -0.05) is 15.9 Å². The lowest BCUT2D eigenvalue weighted by atomic mass is 10.1. The van der Waals surface area contributed by atoms with Gasteiger partial charge in [0.2, 0.25) is 0 Å². The molecule has 2 nitrogen and oxygen atoms in total. The topological polar surface area (TPSA) is 29.3 Å². The summed E-state index contributed by atoms with van der Waals surface area (Å²) in [6.45, 7) is 0.864. The van der Waals surface area contributed by atoms with E-state index >= 15 is 0 Å². The maximum absolute atomic E-state index is 12.7. The first kappa shape index (κ1) is 14.7. The van der Waals surface area contributed by atoms with E-state index in [-0.39, 0.29) is 12.1 Å². The van der Waals surface area contributed by atoms with Crippen LogP contribution in [0.4, 0.5) is 18.9 Å². The third-order valence-corrected chi connectivity index (χ3v) is 3.62. The number of nitrogens with two attached hydrogens (primary N) is 1. The summed E-state index contributed by atoms with van der Waals surface area (Å²) in [4.78, 5) is 1.44. The average Bonchev–Trinajstić information content (AvgIpc) is 3.08. The smallest absolute Gasteiger partial charge is 0.359 e. The summed E-state index contributed by atoms with van der Waals surface area (Å²) in [7, 11) is 0. The number of anilines is 1. The Morgan fingerprint density at radius 1 is 1.42 bits per heavy atom. The molecular formula is C13H16BrF3N2. The zero-order valence-electron chi connectivity index (χ0n) is 10.5. The van der Waals surface area contributed by atoms with Gasteiger partial charge in [0.1, 0.15) is 6.54 Å². The molecule has 0 bridgehead atoms. The molecule has 0 amide bonds. The maximum Gasteiger partial charge on any atom is 0.405 e. The van der Waals surface area contributed by atoms with Crippen molar-refractivity contribution in [3.05, 3.63) is 28.2 Å². The van der Waals surface area contributed by atoms with Crippen LogP contribution in [-0.2, 0) is 0 Å². The van der Waals surface area contributed by atoms with Gasteiger partial charge in [0.15, 0.2) is 0 Å². The highest BCUT2D eigenvalue weighted by Gasteiger charge is 2.39. The number of alkyl halides is 3. The van der Waals surface area contributed by atoms with Gasteiger partial charge in [0.25, 0.3) is 0 Å². The minimum atomic E-state index is -4.20. The van der Waals surface area contributed by atoms with Crippen molar-refractivity contribution in [3.63, 3.8) is 0 Å². The Morgan fingerprint density at radius 3 is 2.53 bits per heavy atom. The molecule has 1 saturated carbocycles. The van der Waals surface area contributed by atoms with E-state index in [1.165, 1.54) is 4.90 Å². The fourth-order valence-corrected chi connectivity index (χ4v) is 2.52. The minimum Gasteiger partial charge on any atom is -0.359 e. The summed E-state index contributed by atoms with van der Waals surface area (Å²) in [5, 5.41) is 0. The molecule has 1 atom stereocenters. The lowest BCUT2D eigenvalue weighted by molar-refractivity contribution is -0.120. The van der Waals surface area contributed by atoms with Crippen LogP contribution in [-0.4, -0.2) is 18.8 Å². The van der Waals surface area contributed by atoms with E-state index in [1.807, 2.05) is 0 Å². The van der Waals surface area contributed by atoms with Crippen LogP contribution in [0.5, 0.6) is 0 Å². The predicted molar refractivity (Wildman–Crippen MR) is 73.2 cm³/mol. The Kier molecular flexibility index (Phi) is 4.11. The minimum absolute atomic E-state index is 0.0136. The van der Waals surface area contributed by atoms with E-state index in [0.29, 0.717) is 5.69 Å². The van der Waals surface area contributed by atoms with Crippen molar-refractivity contribution in [2.75, 3.05) is 11.4 Å². The van der Waals surface area contributed by atoms with Gasteiger partial charge in [0.05, 0.1) is 0 Å². The number of nitrogens with zero attached hydrogens (tertiary/aromatic N) is 1. The van der Waals surface area contributed by atoms with Crippen molar-refractivity contribution in [2.24, 2.45) is 5.73 Å². The molecule has 0 aliphatic heterocycles. The average molecular weight is 337 g/mol. The number of halogens is 4. The van der Waals surface area contributed by atoms with Gasteiger partial charge in [-0.15, -0.1) is 0 Å². The fraction of sp³-hybridized carbons (Fsp3) is 0.538. The molecule has 2 N–H and O–H groups in total. The maximum atomic E-state index is 12.7. The molecule has 1 aromatic rings. The lowest BCUT2D eigenvalue weighted by Gasteiger charge is -2.29. The van der Waals surface area contributed by atoms with Crippen LogP contribution in [0.25, 0.3) is 0 Å². The monoisotopic (exact) mass is 336 g/mol. The molecule has 0 heterocycles. The van der Waals surface area contributed by atoms with E-state index in [2.05, 4.69) is 15.9 Å². The Morgan fingerprint density at radius 2 is 2.05 bits per heavy atom. The molecule has 0 saturated heterocycles. The highest BCUT2D eigenvalue weighted by molar-refractivity contribution is 9.10. The Balaban J connectivity index is 2.36. The quantitative estimate of drug-likeness (QED) is 0.900. The second-order valence-electron chi connectivity index (χ2n) is 4.97. The molecular weight excluding hydrogens is 321 g/mol. The number of benzene rings is 1. The van der Waals surface area contributed by atoms with Gasteiger partial charge in [-0.3, -0.25) is 0 Å². The molecule has 0 aromatic heterocycles. The number of rotatable bonds is 4. The van der Waals surface area contributed by atoms with Crippen molar-refractivity contribution in [1.82, 2.24) is 0 Å². The molecule has 0 spiro atoms. The third kappa shape index (κ3) is 3.86. The normalized spacial score (nSPS) is 17.4. The molecule has 6 heteroatoms. The van der Waals surface area contributed by atoms with Crippen LogP contribution in [0.2, 0.25) is 0 Å². The molecule has 1 unspecified atom stereocenters. The van der Waals surface area contributed by atoms with E-state index < -0.39 is 12.7 Å². The van der Waals surface area contributed by atoms with Crippen LogP contribution in [0.15, 0.2) is 22.7 Å². The van der Waals surface area contributed by atoms with E-state index in [9.17, 15) is 13.2 Å². The largest absolute Gasteiger partial charge is 0.405 e. The van der Waals surface area contributed by atoms with E-state index in [1.54, 1.807) is 25.1 Å². The highest BCUT2D eigenvalue weighted by Crippen LogP contribution is 2.38. The van der Waals surface area contributed by atoms with Crippen molar-refractivity contribution < 1.29 is 13.2 Å². The number of hydrogen-bond donors (Lipinski definition) is 1. The molecule has 2 rings (SSSR count). The van der Waals surface area contributed by atoms with Gasteiger partial charge in [-0.2, -0.15) is 13.2 Å². The zero-order valence-corrected chi connectivity index (χ0v) is 12.1. The Labute approximate surface area is 118 Å². The van der Waals surface area contributed by atoms with E-state index in [4.69, 9.17) is 5.73 Å². The second-order valence-corrected chi connectivity index (χ2v) is 5.88. The molecule has 1 fully saturated rings. The van der Waals surface area contributed by atoms with Crippen molar-refractivity contribution in [3.8, 4) is 0 Å². The first-order valence-corrected chi connectivity index (χ1v) is 6.95. The van der Waals surface area contributed by atoms with Crippen molar-refractivity contribution in [1.29, 1.82) is 0 Å². The van der Waals surface area contributed by atoms with Gasteiger partial charge in [-0.05, 0) is 43.5 Å². The molecule has 1 aliphatic carbocycles. The van der Waals surface area contributed by atoms with Crippen LogP contribution >= 0.6 is 15.9 Å². The summed E-state index contributed by atoms with van der Waals surface area (Å²) >= 11 is 3.33. The van der Waals surface area contributed by atoms with E-state index in [0.717, 1.165) is 22.9 Å². The van der Waals surface area contributed by atoms with Crippen molar-refractivity contribution in [2.45, 2.75) is 38.0 Å². The van der Waals surface area contributed by atoms with Crippen molar-refractivity contribution >= 4 is 21.6 Å². The first-order valence-electron chi connectivity index (χ1n) is 6.16. The molecule has 1 aromatic carbocycles. The summed E-state index contributed by atoms with van der Waals surface area (Å²) < 4.78 is 39.0. The third-order valence-electron chi connectivity index (χ3n) is 3.13. The highest BCUT2D eigenvalue weighted by atomic mass is 79.9. The van der Waals surface area contributed by atoms with Gasteiger partial charge < -0.3 is 10.6 Å². The van der Waals surface area contributed by atoms with Gasteiger partial charge in [-0.25, -0.2) is 0 Å². The van der Waals surface area contributed by atoms with Crippen LogP contribution in [0, 0.1) is 0 Å². The fourth-order valence-electron chi connectivity index (χ4n) is 2.14. The van der Waals surface area contributed by atoms with Crippen LogP contribution < -0.4 is 10.6 Å². The molecule has 106 valence electrons. The summed E-state index contributed by atoms with van der Waals surface area (Å²) in [5.74, 6) is 0. The second kappa shape index (κ2) is 5.32. The van der Waals surface area contributed by atoms with Crippen LogP contribution in [0.1, 0.15) is 31.4 Å². The lowest BCUT2D eigenvalue weighted by Crippen LogP contribution is -2.37. The standard InChI is InChI=1S/C13H16BrF3N2/c1-8(18)11-6-9(14)2-5-12(11)19(10-3-4-10)7-13(15,16)17/h2,5-6,8,10H,3-4,7,18H2,1H3. The zero-order chi connectivity index (χ0) is 14.2. The predicted octanol–water partition coefficient (Wildman–Crippen LogP) is 4.00. The van der Waals surface area contributed by atoms with Gasteiger partial charge >= 0.3 is 6.18 Å². The van der Waals surface area contributed by atoms with Crippen LogP contribution in [0.3, 0.4) is 0 Å².